The molecule has 0 aromatic rings. The van der Waals surface area contributed by atoms with Crippen LogP contribution in [0.3, 0.4) is 0 Å². The molecule has 94 valence electrons. The highest BCUT2D eigenvalue weighted by atomic mass is 16.6. The zero-order valence-corrected chi connectivity index (χ0v) is 11.2. The number of esters is 1. The van der Waals surface area contributed by atoms with E-state index >= 15 is 0 Å². The molecule has 0 amide bonds. The first-order valence-corrected chi connectivity index (χ1v) is 6.24. The molecule has 0 aromatic carbocycles. The first-order chi connectivity index (χ1) is 7.28. The molecular formula is C13H25NO2. The van der Waals surface area contributed by atoms with Gasteiger partial charge in [-0.05, 0) is 52.4 Å². The molecule has 0 heterocycles. The predicted molar refractivity (Wildman–Crippen MR) is 65.3 cm³/mol. The Kier molecular flexibility index (Phi) is 4.00. The van der Waals surface area contributed by atoms with Gasteiger partial charge < -0.3 is 10.1 Å². The molecule has 0 aliphatic heterocycles. The Morgan fingerprint density at radius 2 is 2.00 bits per heavy atom. The molecule has 0 radical (unpaired) electrons. The minimum Gasteiger partial charge on any atom is -0.459 e. The highest BCUT2D eigenvalue weighted by Crippen LogP contribution is 2.47. The summed E-state index contributed by atoms with van der Waals surface area (Å²) in [6, 6.07) is -0.205. The molecule has 1 aliphatic carbocycles. The van der Waals surface area contributed by atoms with Crippen molar-refractivity contribution in [2.45, 2.75) is 65.5 Å². The molecular weight excluding hydrogens is 202 g/mol. The van der Waals surface area contributed by atoms with Gasteiger partial charge in [0.2, 0.25) is 0 Å². The van der Waals surface area contributed by atoms with E-state index in [1.54, 1.807) is 0 Å². The molecule has 1 unspecified atom stereocenters. The van der Waals surface area contributed by atoms with Crippen molar-refractivity contribution >= 4 is 5.97 Å². The summed E-state index contributed by atoms with van der Waals surface area (Å²) in [6.45, 7) is 10.7. The molecule has 0 aromatic heterocycles. The summed E-state index contributed by atoms with van der Waals surface area (Å²) >= 11 is 0. The number of carbonyl (C=O) groups is 1. The van der Waals surface area contributed by atoms with Crippen molar-refractivity contribution in [2.24, 2.45) is 5.41 Å². The average molecular weight is 227 g/mol. The predicted octanol–water partition coefficient (Wildman–Crippen LogP) is 2.50. The first-order valence-electron chi connectivity index (χ1n) is 6.24. The molecule has 1 atom stereocenters. The van der Waals surface area contributed by atoms with E-state index in [9.17, 15) is 4.79 Å². The molecule has 0 bridgehead atoms. The summed E-state index contributed by atoms with van der Waals surface area (Å²) < 4.78 is 5.32. The molecule has 3 nitrogen and oxygen atoms in total. The topological polar surface area (TPSA) is 38.3 Å². The summed E-state index contributed by atoms with van der Waals surface area (Å²) in [5, 5.41) is 3.28. The van der Waals surface area contributed by atoms with Gasteiger partial charge in [-0.2, -0.15) is 0 Å². The number of rotatable bonds is 5. The summed E-state index contributed by atoms with van der Waals surface area (Å²) in [5.74, 6) is -0.153. The Hall–Kier alpha value is -0.570. The van der Waals surface area contributed by atoms with Gasteiger partial charge in [-0.1, -0.05) is 6.92 Å². The molecule has 0 saturated heterocycles. The maximum Gasteiger partial charge on any atom is 0.323 e. The summed E-state index contributed by atoms with van der Waals surface area (Å²) in [6.07, 6.45) is 3.77. The van der Waals surface area contributed by atoms with E-state index in [4.69, 9.17) is 4.74 Å². The van der Waals surface area contributed by atoms with Crippen molar-refractivity contribution in [3.8, 4) is 0 Å². The summed E-state index contributed by atoms with van der Waals surface area (Å²) in [5.41, 5.74) is 0.0747. The van der Waals surface area contributed by atoms with Gasteiger partial charge in [0, 0.05) is 6.54 Å². The smallest absolute Gasteiger partial charge is 0.323 e. The van der Waals surface area contributed by atoms with Crippen LogP contribution in [0.1, 0.15) is 53.9 Å². The molecule has 0 spiro atoms. The van der Waals surface area contributed by atoms with Crippen molar-refractivity contribution < 1.29 is 9.53 Å². The lowest BCUT2D eigenvalue weighted by Gasteiger charge is -2.24. The van der Waals surface area contributed by atoms with Gasteiger partial charge in [0.1, 0.15) is 11.6 Å². The Bertz CT molecular complexity index is 251. The van der Waals surface area contributed by atoms with Gasteiger partial charge >= 0.3 is 5.97 Å². The fraction of sp³-hybridized carbons (Fsp3) is 0.923. The van der Waals surface area contributed by atoms with Crippen LogP contribution in [0.2, 0.25) is 0 Å². The molecule has 1 saturated carbocycles. The van der Waals surface area contributed by atoms with Crippen LogP contribution in [0, 0.1) is 5.41 Å². The first kappa shape index (κ1) is 13.5. The Morgan fingerprint density at radius 3 is 2.38 bits per heavy atom. The van der Waals surface area contributed by atoms with Crippen LogP contribution in [0.4, 0.5) is 0 Å². The Balaban J connectivity index is 2.29. The normalized spacial score (nSPS) is 20.3. The third-order valence-corrected chi connectivity index (χ3v) is 3.25. The van der Waals surface area contributed by atoms with E-state index < -0.39 is 5.60 Å². The lowest BCUT2D eigenvalue weighted by molar-refractivity contribution is -0.157. The second-order valence-electron chi connectivity index (χ2n) is 5.99. The molecule has 1 rings (SSSR count). The van der Waals surface area contributed by atoms with Gasteiger partial charge in [0.05, 0.1) is 0 Å². The number of ether oxygens (including phenoxy) is 1. The monoisotopic (exact) mass is 227 g/mol. The lowest BCUT2D eigenvalue weighted by atomic mass is 10.0. The van der Waals surface area contributed by atoms with Crippen molar-refractivity contribution in [1.82, 2.24) is 5.32 Å². The van der Waals surface area contributed by atoms with Gasteiger partial charge in [-0.3, -0.25) is 4.79 Å². The highest BCUT2D eigenvalue weighted by molar-refractivity contribution is 5.75. The molecule has 1 N–H and O–H groups in total. The minimum absolute atomic E-state index is 0.153. The second-order valence-corrected chi connectivity index (χ2v) is 5.99. The van der Waals surface area contributed by atoms with Crippen LogP contribution in [0.5, 0.6) is 0 Å². The minimum atomic E-state index is -0.394. The van der Waals surface area contributed by atoms with E-state index in [0.29, 0.717) is 5.41 Å². The van der Waals surface area contributed by atoms with E-state index in [1.807, 2.05) is 27.7 Å². The van der Waals surface area contributed by atoms with Crippen LogP contribution in [0.15, 0.2) is 0 Å². The Labute approximate surface area is 98.9 Å². The van der Waals surface area contributed by atoms with Crippen molar-refractivity contribution in [1.29, 1.82) is 0 Å². The van der Waals surface area contributed by atoms with Gasteiger partial charge in [0.25, 0.3) is 0 Å². The lowest BCUT2D eigenvalue weighted by Crippen LogP contribution is -2.41. The molecule has 1 aliphatic rings. The van der Waals surface area contributed by atoms with E-state index in [2.05, 4.69) is 12.2 Å². The summed E-state index contributed by atoms with van der Waals surface area (Å²) in [4.78, 5) is 11.7. The number of nitrogens with one attached hydrogen (secondary N) is 1. The average Bonchev–Trinajstić information content (AvgIpc) is 2.92. The maximum atomic E-state index is 11.7. The number of hydrogen-bond acceptors (Lipinski definition) is 3. The number of carbonyl (C=O) groups excluding carboxylic acids is 1. The standard InChI is InChI=1S/C13H25NO2/c1-6-13(7-8-13)9-14-10(2)11(15)16-12(3,4)5/h10,14H,6-9H2,1-5H3. The van der Waals surface area contributed by atoms with Crippen molar-refractivity contribution in [2.75, 3.05) is 6.54 Å². The fourth-order valence-corrected chi connectivity index (χ4v) is 1.68. The summed E-state index contributed by atoms with van der Waals surface area (Å²) in [7, 11) is 0. The third-order valence-electron chi connectivity index (χ3n) is 3.25. The van der Waals surface area contributed by atoms with Crippen LogP contribution in [-0.4, -0.2) is 24.2 Å². The van der Waals surface area contributed by atoms with Crippen molar-refractivity contribution in [3.05, 3.63) is 0 Å². The largest absolute Gasteiger partial charge is 0.459 e. The van der Waals surface area contributed by atoms with Gasteiger partial charge in [0.15, 0.2) is 0 Å². The highest BCUT2D eigenvalue weighted by Gasteiger charge is 2.40. The van der Waals surface area contributed by atoms with Crippen LogP contribution in [0.25, 0.3) is 0 Å². The van der Waals surface area contributed by atoms with E-state index in [-0.39, 0.29) is 12.0 Å². The molecule has 1 fully saturated rings. The molecule has 16 heavy (non-hydrogen) atoms. The van der Waals surface area contributed by atoms with Crippen LogP contribution in [-0.2, 0) is 9.53 Å². The third kappa shape index (κ3) is 4.12. The van der Waals surface area contributed by atoms with Gasteiger partial charge in [-0.25, -0.2) is 0 Å². The zero-order valence-electron chi connectivity index (χ0n) is 11.2. The van der Waals surface area contributed by atoms with E-state index in [0.717, 1.165) is 6.54 Å². The number of hydrogen-bond donors (Lipinski definition) is 1. The van der Waals surface area contributed by atoms with Crippen LogP contribution >= 0.6 is 0 Å². The molecule has 3 heteroatoms. The maximum absolute atomic E-state index is 11.7. The Morgan fingerprint density at radius 1 is 1.44 bits per heavy atom. The van der Waals surface area contributed by atoms with E-state index in [1.165, 1.54) is 19.3 Å². The van der Waals surface area contributed by atoms with Crippen molar-refractivity contribution in [3.63, 3.8) is 0 Å². The zero-order chi connectivity index (χ0) is 12.4. The van der Waals surface area contributed by atoms with Crippen LogP contribution < -0.4 is 5.32 Å². The quantitative estimate of drug-likeness (QED) is 0.733. The SMILES string of the molecule is CCC1(CNC(C)C(=O)OC(C)(C)C)CC1. The second kappa shape index (κ2) is 4.74. The van der Waals surface area contributed by atoms with Gasteiger partial charge in [-0.15, -0.1) is 0 Å². The fourth-order valence-electron chi connectivity index (χ4n) is 1.68.